The van der Waals surface area contributed by atoms with Crippen LogP contribution in [0.5, 0.6) is 5.75 Å². The van der Waals surface area contributed by atoms with Crippen LogP contribution >= 0.6 is 0 Å². The van der Waals surface area contributed by atoms with Crippen LogP contribution in [0, 0.1) is 11.3 Å². The third-order valence-corrected chi connectivity index (χ3v) is 3.21. The van der Waals surface area contributed by atoms with Crippen molar-refractivity contribution in [3.05, 3.63) is 23.8 Å². The molecule has 1 atom stereocenters. The van der Waals surface area contributed by atoms with Gasteiger partial charge in [0.05, 0.1) is 31.1 Å². The highest BCUT2D eigenvalue weighted by atomic mass is 16.5. The summed E-state index contributed by atoms with van der Waals surface area (Å²) in [7, 11) is 3.70. The smallest absolute Gasteiger partial charge is 0.121 e. The Morgan fingerprint density at radius 3 is 3.11 bits per heavy atom. The minimum absolute atomic E-state index is 0.150. The average molecular weight is 261 g/mol. The van der Waals surface area contributed by atoms with Crippen LogP contribution in [0.2, 0.25) is 0 Å². The van der Waals surface area contributed by atoms with Gasteiger partial charge < -0.3 is 19.7 Å². The van der Waals surface area contributed by atoms with Crippen molar-refractivity contribution in [3.63, 3.8) is 0 Å². The molecule has 1 heterocycles. The van der Waals surface area contributed by atoms with Crippen molar-refractivity contribution in [2.45, 2.75) is 6.10 Å². The normalized spacial score (nSPS) is 19.7. The number of anilines is 1. The van der Waals surface area contributed by atoms with Gasteiger partial charge in [0.1, 0.15) is 11.8 Å². The quantitative estimate of drug-likeness (QED) is 0.885. The lowest BCUT2D eigenvalue weighted by Gasteiger charge is -2.30. The predicted molar refractivity (Wildman–Crippen MR) is 73.4 cm³/mol. The minimum Gasteiger partial charge on any atom is -0.497 e. The monoisotopic (exact) mass is 261 g/mol. The molecule has 19 heavy (non-hydrogen) atoms. The molecular weight excluding hydrogens is 242 g/mol. The number of benzene rings is 1. The lowest BCUT2D eigenvalue weighted by molar-refractivity contribution is -0.0117. The number of nitriles is 1. The van der Waals surface area contributed by atoms with Crippen LogP contribution in [0.3, 0.4) is 0 Å². The fourth-order valence-electron chi connectivity index (χ4n) is 2.11. The van der Waals surface area contributed by atoms with E-state index in [0.717, 1.165) is 31.1 Å². The molecule has 1 N–H and O–H groups in total. The molecule has 1 aliphatic heterocycles. The van der Waals surface area contributed by atoms with Gasteiger partial charge in [-0.3, -0.25) is 0 Å². The van der Waals surface area contributed by atoms with E-state index >= 15 is 0 Å². The first-order chi connectivity index (χ1) is 9.22. The van der Waals surface area contributed by atoms with E-state index in [9.17, 15) is 0 Å². The number of morpholine rings is 1. The van der Waals surface area contributed by atoms with E-state index in [1.807, 2.05) is 6.07 Å². The molecule has 1 unspecified atom stereocenters. The molecule has 0 saturated carbocycles. The van der Waals surface area contributed by atoms with Gasteiger partial charge >= 0.3 is 0 Å². The fourth-order valence-corrected chi connectivity index (χ4v) is 2.11. The number of hydrogen-bond acceptors (Lipinski definition) is 5. The first kappa shape index (κ1) is 13.7. The number of methoxy groups -OCH3 is 1. The van der Waals surface area contributed by atoms with Crippen molar-refractivity contribution < 1.29 is 9.47 Å². The maximum absolute atomic E-state index is 9.09. The van der Waals surface area contributed by atoms with Crippen LogP contribution in [0.4, 0.5) is 5.69 Å². The molecule has 0 aliphatic carbocycles. The Bertz CT molecular complexity index is 470. The Balaban J connectivity index is 2.00. The third kappa shape index (κ3) is 3.60. The molecule has 0 aromatic heterocycles. The maximum atomic E-state index is 9.09. The zero-order chi connectivity index (χ0) is 13.7. The van der Waals surface area contributed by atoms with Gasteiger partial charge in [-0.25, -0.2) is 0 Å². The van der Waals surface area contributed by atoms with Gasteiger partial charge in [-0.2, -0.15) is 5.26 Å². The number of likely N-dealkylation sites (N-methyl/N-ethyl adjacent to an activating group) is 1. The van der Waals surface area contributed by atoms with E-state index in [4.69, 9.17) is 14.7 Å². The summed E-state index contributed by atoms with van der Waals surface area (Å²) in [6.45, 7) is 3.32. The third-order valence-electron chi connectivity index (χ3n) is 3.21. The zero-order valence-electron chi connectivity index (χ0n) is 11.3. The van der Waals surface area contributed by atoms with Gasteiger partial charge in [0.15, 0.2) is 0 Å². The molecule has 5 nitrogen and oxygen atoms in total. The summed E-state index contributed by atoms with van der Waals surface area (Å²) in [6, 6.07) is 7.56. The highest BCUT2D eigenvalue weighted by Gasteiger charge is 2.17. The van der Waals surface area contributed by atoms with Crippen molar-refractivity contribution in [3.8, 4) is 11.8 Å². The topological polar surface area (TPSA) is 57.5 Å². The van der Waals surface area contributed by atoms with Crippen molar-refractivity contribution in [2.24, 2.45) is 0 Å². The minimum atomic E-state index is 0.150. The van der Waals surface area contributed by atoms with Crippen LogP contribution in [0.15, 0.2) is 18.2 Å². The molecule has 2 rings (SSSR count). The Labute approximate surface area is 113 Å². The van der Waals surface area contributed by atoms with Crippen molar-refractivity contribution in [2.75, 3.05) is 45.7 Å². The molecule has 1 saturated heterocycles. The lowest BCUT2D eigenvalue weighted by atomic mass is 10.1. The van der Waals surface area contributed by atoms with Crippen molar-refractivity contribution in [1.82, 2.24) is 4.90 Å². The second-order valence-electron chi connectivity index (χ2n) is 4.66. The molecule has 0 amide bonds. The van der Waals surface area contributed by atoms with Gasteiger partial charge in [0, 0.05) is 25.7 Å². The number of ether oxygens (including phenoxy) is 2. The van der Waals surface area contributed by atoms with E-state index in [0.29, 0.717) is 12.1 Å². The molecule has 102 valence electrons. The molecule has 0 bridgehead atoms. The van der Waals surface area contributed by atoms with Gasteiger partial charge in [0.2, 0.25) is 0 Å². The standard InChI is InChI=1S/C14H19N3O2/c1-17-5-6-19-13(10-17)9-16-14-7-12(18-2)4-3-11(14)8-15/h3-4,7,13,16H,5-6,9-10H2,1-2H3. The van der Waals surface area contributed by atoms with Crippen LogP contribution in [0.1, 0.15) is 5.56 Å². The van der Waals surface area contributed by atoms with Crippen LogP contribution in [0.25, 0.3) is 0 Å². The summed E-state index contributed by atoms with van der Waals surface area (Å²) in [5.74, 6) is 0.739. The van der Waals surface area contributed by atoms with Gasteiger partial charge in [-0.15, -0.1) is 0 Å². The van der Waals surface area contributed by atoms with E-state index in [1.54, 1.807) is 19.2 Å². The Morgan fingerprint density at radius 1 is 1.58 bits per heavy atom. The Morgan fingerprint density at radius 2 is 2.42 bits per heavy atom. The highest BCUT2D eigenvalue weighted by Crippen LogP contribution is 2.22. The van der Waals surface area contributed by atoms with Gasteiger partial charge in [-0.1, -0.05) is 0 Å². The van der Waals surface area contributed by atoms with E-state index in [1.165, 1.54) is 0 Å². The molecule has 1 aliphatic rings. The Kier molecular flexibility index (Phi) is 4.61. The number of hydrogen-bond donors (Lipinski definition) is 1. The first-order valence-corrected chi connectivity index (χ1v) is 6.35. The molecule has 5 heteroatoms. The molecule has 0 spiro atoms. The summed E-state index contributed by atoms with van der Waals surface area (Å²) >= 11 is 0. The molecule has 1 aromatic rings. The summed E-state index contributed by atoms with van der Waals surface area (Å²) in [4.78, 5) is 2.24. The largest absolute Gasteiger partial charge is 0.497 e. The highest BCUT2D eigenvalue weighted by molar-refractivity contribution is 5.60. The van der Waals surface area contributed by atoms with Crippen LogP contribution in [-0.4, -0.2) is 51.4 Å². The number of nitrogens with one attached hydrogen (secondary N) is 1. The summed E-state index contributed by atoms with van der Waals surface area (Å²) in [6.07, 6.45) is 0.150. The van der Waals surface area contributed by atoms with Crippen molar-refractivity contribution >= 4 is 5.69 Å². The second-order valence-corrected chi connectivity index (χ2v) is 4.66. The lowest BCUT2D eigenvalue weighted by Crippen LogP contribution is -2.43. The average Bonchev–Trinajstić information content (AvgIpc) is 2.45. The van der Waals surface area contributed by atoms with Crippen molar-refractivity contribution in [1.29, 1.82) is 5.26 Å². The molecule has 0 radical (unpaired) electrons. The Hall–Kier alpha value is -1.77. The van der Waals surface area contributed by atoms with E-state index < -0.39 is 0 Å². The van der Waals surface area contributed by atoms with Gasteiger partial charge in [0.25, 0.3) is 0 Å². The van der Waals surface area contributed by atoms with E-state index in [-0.39, 0.29) is 6.10 Å². The predicted octanol–water partition coefficient (Wildman–Crippen LogP) is 1.31. The number of rotatable bonds is 4. The molecule has 1 fully saturated rings. The molecule has 1 aromatic carbocycles. The fraction of sp³-hybridized carbons (Fsp3) is 0.500. The summed E-state index contributed by atoms with van der Waals surface area (Å²) in [5.41, 5.74) is 1.41. The van der Waals surface area contributed by atoms with E-state index in [2.05, 4.69) is 23.3 Å². The maximum Gasteiger partial charge on any atom is 0.121 e. The summed E-state index contributed by atoms with van der Waals surface area (Å²) < 4.78 is 10.9. The van der Waals surface area contributed by atoms with Gasteiger partial charge in [-0.05, 0) is 19.2 Å². The SMILES string of the molecule is COc1ccc(C#N)c(NCC2CN(C)CCO2)c1. The zero-order valence-corrected chi connectivity index (χ0v) is 11.3. The first-order valence-electron chi connectivity index (χ1n) is 6.35. The van der Waals surface area contributed by atoms with Crippen LogP contribution in [-0.2, 0) is 4.74 Å². The van der Waals surface area contributed by atoms with Crippen LogP contribution < -0.4 is 10.1 Å². The molecular formula is C14H19N3O2. The number of nitrogens with zero attached hydrogens (tertiary/aromatic N) is 2. The second kappa shape index (κ2) is 6.41. The summed E-state index contributed by atoms with van der Waals surface area (Å²) in [5, 5.41) is 12.4.